The SMILES string of the molecule is COC[C@H](NC(=O)C1(NC(=O)OCC2c3ccccc3-c3ccccc32)CCCC1)C(=O)O. The van der Waals surface area contributed by atoms with Gasteiger partial charge in [0.05, 0.1) is 6.61 Å². The molecule has 0 bridgehead atoms. The number of carboxylic acids is 1. The zero-order valence-corrected chi connectivity index (χ0v) is 18.5. The Morgan fingerprint density at radius 3 is 2.15 bits per heavy atom. The molecule has 2 aromatic rings. The molecule has 3 N–H and O–H groups in total. The van der Waals surface area contributed by atoms with Gasteiger partial charge in [-0.25, -0.2) is 9.59 Å². The van der Waals surface area contributed by atoms with Crippen LogP contribution in [-0.4, -0.2) is 55.0 Å². The standard InChI is InChI=1S/C25H28N2O6/c1-32-15-21(22(28)29)26-23(30)25(12-6-7-13-25)27-24(31)33-14-20-18-10-4-2-8-16(18)17-9-3-5-11-19(17)20/h2-5,8-11,20-21H,6-7,12-15H2,1H3,(H,26,30)(H,27,31)(H,28,29)/t21-/m0/s1. The molecular weight excluding hydrogens is 424 g/mol. The van der Waals surface area contributed by atoms with Gasteiger partial charge in [0.15, 0.2) is 6.04 Å². The molecule has 1 atom stereocenters. The Kier molecular flexibility index (Phi) is 6.65. The van der Waals surface area contributed by atoms with Gasteiger partial charge in [0, 0.05) is 13.0 Å². The summed E-state index contributed by atoms with van der Waals surface area (Å²) in [5.74, 6) is -1.81. The number of fused-ring (bicyclic) bond motifs is 3. The fourth-order valence-corrected chi connectivity index (χ4v) is 4.85. The third-order valence-electron chi connectivity index (χ3n) is 6.51. The second-order valence-corrected chi connectivity index (χ2v) is 8.56. The van der Waals surface area contributed by atoms with Crippen molar-refractivity contribution in [2.24, 2.45) is 0 Å². The quantitative estimate of drug-likeness (QED) is 0.567. The Labute approximate surface area is 192 Å². The van der Waals surface area contributed by atoms with Crippen molar-refractivity contribution < 1.29 is 29.0 Å². The number of ether oxygens (including phenoxy) is 2. The normalized spacial score (nSPS) is 17.0. The van der Waals surface area contributed by atoms with Gasteiger partial charge in [-0.05, 0) is 35.1 Å². The van der Waals surface area contributed by atoms with Crippen LogP contribution in [0.5, 0.6) is 0 Å². The van der Waals surface area contributed by atoms with Crippen LogP contribution in [0.15, 0.2) is 48.5 Å². The van der Waals surface area contributed by atoms with E-state index in [1.165, 1.54) is 7.11 Å². The van der Waals surface area contributed by atoms with E-state index in [0.717, 1.165) is 35.1 Å². The first-order valence-electron chi connectivity index (χ1n) is 11.1. The topological polar surface area (TPSA) is 114 Å². The number of alkyl carbamates (subject to hydrolysis) is 1. The van der Waals surface area contributed by atoms with Crippen molar-refractivity contribution in [2.75, 3.05) is 20.3 Å². The van der Waals surface area contributed by atoms with Crippen molar-refractivity contribution in [3.63, 3.8) is 0 Å². The summed E-state index contributed by atoms with van der Waals surface area (Å²) >= 11 is 0. The number of benzene rings is 2. The zero-order valence-electron chi connectivity index (χ0n) is 18.5. The highest BCUT2D eigenvalue weighted by Gasteiger charge is 2.44. The summed E-state index contributed by atoms with van der Waals surface area (Å²) in [5.41, 5.74) is 3.27. The molecule has 0 aromatic heterocycles. The van der Waals surface area contributed by atoms with Crippen LogP contribution in [0.3, 0.4) is 0 Å². The minimum Gasteiger partial charge on any atom is -0.480 e. The van der Waals surface area contributed by atoms with Gasteiger partial charge in [-0.3, -0.25) is 4.79 Å². The molecule has 8 nitrogen and oxygen atoms in total. The van der Waals surface area contributed by atoms with E-state index in [4.69, 9.17) is 9.47 Å². The lowest BCUT2D eigenvalue weighted by molar-refractivity contribution is -0.144. The lowest BCUT2D eigenvalue weighted by Gasteiger charge is -2.30. The molecule has 1 saturated carbocycles. The average Bonchev–Trinajstić information content (AvgIpc) is 3.41. The number of carboxylic acid groups (broad SMARTS) is 1. The largest absolute Gasteiger partial charge is 0.480 e. The van der Waals surface area contributed by atoms with Crippen LogP contribution in [0.1, 0.15) is 42.7 Å². The highest BCUT2D eigenvalue weighted by molar-refractivity contribution is 5.93. The van der Waals surface area contributed by atoms with Gasteiger partial charge in [-0.1, -0.05) is 61.4 Å². The lowest BCUT2D eigenvalue weighted by Crippen LogP contribution is -2.60. The molecule has 8 heteroatoms. The zero-order chi connectivity index (χ0) is 23.4. The molecule has 2 aromatic carbocycles. The van der Waals surface area contributed by atoms with E-state index >= 15 is 0 Å². The van der Waals surface area contributed by atoms with Crippen LogP contribution in [0.25, 0.3) is 11.1 Å². The van der Waals surface area contributed by atoms with Gasteiger partial charge in [0.25, 0.3) is 0 Å². The van der Waals surface area contributed by atoms with Crippen LogP contribution in [0, 0.1) is 0 Å². The summed E-state index contributed by atoms with van der Waals surface area (Å²) in [4.78, 5) is 37.2. The predicted octanol–water partition coefficient (Wildman–Crippen LogP) is 3.05. The maximum atomic E-state index is 13.0. The second-order valence-electron chi connectivity index (χ2n) is 8.56. The Morgan fingerprint density at radius 2 is 1.61 bits per heavy atom. The minimum atomic E-state index is -1.19. The first-order chi connectivity index (χ1) is 15.9. The Balaban J connectivity index is 1.44. The molecular formula is C25H28N2O6. The van der Waals surface area contributed by atoms with Gasteiger partial charge >= 0.3 is 12.1 Å². The fourth-order valence-electron chi connectivity index (χ4n) is 4.85. The van der Waals surface area contributed by atoms with Gasteiger partial charge < -0.3 is 25.2 Å². The molecule has 0 heterocycles. The molecule has 0 aliphatic heterocycles. The number of nitrogens with one attached hydrogen (secondary N) is 2. The van der Waals surface area contributed by atoms with Gasteiger partial charge in [-0.2, -0.15) is 0 Å². The fraction of sp³-hybridized carbons (Fsp3) is 0.400. The highest BCUT2D eigenvalue weighted by atomic mass is 16.5. The molecule has 2 aliphatic rings. The summed E-state index contributed by atoms with van der Waals surface area (Å²) in [6.07, 6.45) is 1.65. The third-order valence-corrected chi connectivity index (χ3v) is 6.51. The van der Waals surface area contributed by atoms with Gasteiger partial charge in [0.1, 0.15) is 12.1 Å². The molecule has 33 heavy (non-hydrogen) atoms. The van der Waals surface area contributed by atoms with E-state index < -0.39 is 29.6 Å². The number of hydrogen-bond acceptors (Lipinski definition) is 5. The molecule has 2 amide bonds. The van der Waals surface area contributed by atoms with E-state index in [1.807, 2.05) is 36.4 Å². The van der Waals surface area contributed by atoms with Crippen LogP contribution < -0.4 is 10.6 Å². The number of carbonyl (C=O) groups excluding carboxylic acids is 2. The van der Waals surface area contributed by atoms with E-state index in [0.29, 0.717) is 12.8 Å². The number of methoxy groups -OCH3 is 1. The average molecular weight is 453 g/mol. The van der Waals surface area contributed by atoms with E-state index in [1.54, 1.807) is 0 Å². The Morgan fingerprint density at radius 1 is 1.03 bits per heavy atom. The van der Waals surface area contributed by atoms with Crippen molar-refractivity contribution in [1.82, 2.24) is 10.6 Å². The Bertz CT molecular complexity index is 1000. The van der Waals surface area contributed by atoms with Gasteiger partial charge in [-0.15, -0.1) is 0 Å². The molecule has 174 valence electrons. The van der Waals surface area contributed by atoms with E-state index in [-0.39, 0.29) is 19.1 Å². The maximum Gasteiger partial charge on any atom is 0.408 e. The second kappa shape index (κ2) is 9.62. The minimum absolute atomic E-state index is 0.0883. The van der Waals surface area contributed by atoms with E-state index in [9.17, 15) is 19.5 Å². The lowest BCUT2D eigenvalue weighted by atomic mass is 9.96. The number of aliphatic carboxylic acids is 1. The third kappa shape index (κ3) is 4.57. The molecule has 0 spiro atoms. The van der Waals surface area contributed by atoms with Crippen LogP contribution in [-0.2, 0) is 19.1 Å². The van der Waals surface area contributed by atoms with Crippen LogP contribution in [0.2, 0.25) is 0 Å². The molecule has 1 fully saturated rings. The summed E-state index contributed by atoms with van der Waals surface area (Å²) in [6.45, 7) is -0.0267. The molecule has 2 aliphatic carbocycles. The first-order valence-corrected chi connectivity index (χ1v) is 11.1. The van der Waals surface area contributed by atoms with E-state index in [2.05, 4.69) is 22.8 Å². The molecule has 0 saturated heterocycles. The smallest absolute Gasteiger partial charge is 0.408 e. The van der Waals surface area contributed by atoms with Crippen molar-refractivity contribution in [3.8, 4) is 11.1 Å². The first kappa shape index (κ1) is 22.8. The Hall–Kier alpha value is -3.39. The number of rotatable bonds is 8. The molecule has 0 radical (unpaired) electrons. The van der Waals surface area contributed by atoms with Gasteiger partial charge in [0.2, 0.25) is 5.91 Å². The summed E-state index contributed by atoms with van der Waals surface area (Å²) in [7, 11) is 1.36. The summed E-state index contributed by atoms with van der Waals surface area (Å²) < 4.78 is 10.5. The summed E-state index contributed by atoms with van der Waals surface area (Å²) in [6, 6.07) is 14.9. The van der Waals surface area contributed by atoms with Crippen LogP contribution in [0.4, 0.5) is 4.79 Å². The van der Waals surface area contributed by atoms with Crippen LogP contribution >= 0.6 is 0 Å². The highest BCUT2D eigenvalue weighted by Crippen LogP contribution is 2.44. The van der Waals surface area contributed by atoms with Crippen molar-refractivity contribution in [3.05, 3.63) is 59.7 Å². The predicted molar refractivity (Wildman–Crippen MR) is 121 cm³/mol. The molecule has 0 unspecified atom stereocenters. The molecule has 4 rings (SSSR count). The number of hydrogen-bond donors (Lipinski definition) is 3. The number of carbonyl (C=O) groups is 3. The monoisotopic (exact) mass is 452 g/mol. The summed E-state index contributed by atoms with van der Waals surface area (Å²) in [5, 5.41) is 14.6. The van der Waals surface area contributed by atoms with Crippen molar-refractivity contribution in [1.29, 1.82) is 0 Å². The number of amides is 2. The van der Waals surface area contributed by atoms with Crippen molar-refractivity contribution >= 4 is 18.0 Å². The van der Waals surface area contributed by atoms with Crippen molar-refractivity contribution in [2.45, 2.75) is 43.2 Å². The maximum absolute atomic E-state index is 13.0.